The molecule has 4 rings (SSSR count). The molecule has 1 atom stereocenters. The molecule has 9 heteroatoms. The number of halogens is 4. The summed E-state index contributed by atoms with van der Waals surface area (Å²) in [5, 5.41) is 2.62. The fraction of sp³-hybridized carbons (Fsp3) is 0.174. The van der Waals surface area contributed by atoms with Crippen LogP contribution in [0.25, 0.3) is 16.8 Å². The monoisotopic (exact) mass is 460 g/mol. The normalized spacial score (nSPS) is 16.7. The van der Waals surface area contributed by atoms with Gasteiger partial charge in [0.15, 0.2) is 0 Å². The van der Waals surface area contributed by atoms with Crippen LogP contribution in [-0.2, 0) is 15.8 Å². The summed E-state index contributed by atoms with van der Waals surface area (Å²) in [6.45, 7) is 0. The van der Waals surface area contributed by atoms with Gasteiger partial charge in [-0.25, -0.2) is 0 Å². The van der Waals surface area contributed by atoms with Gasteiger partial charge in [0.05, 0.1) is 10.9 Å². The van der Waals surface area contributed by atoms with E-state index in [1.165, 1.54) is 12.1 Å². The van der Waals surface area contributed by atoms with Crippen LogP contribution in [0.2, 0.25) is 5.02 Å². The van der Waals surface area contributed by atoms with Gasteiger partial charge in [-0.1, -0.05) is 48.0 Å². The summed E-state index contributed by atoms with van der Waals surface area (Å²) in [7, 11) is 0. The number of hydrogen-bond acceptors (Lipinski definition) is 3. The third-order valence-electron chi connectivity index (χ3n) is 5.32. The predicted molar refractivity (Wildman–Crippen MR) is 113 cm³/mol. The van der Waals surface area contributed by atoms with Crippen molar-refractivity contribution in [3.63, 3.8) is 0 Å². The van der Waals surface area contributed by atoms with Crippen LogP contribution in [0.5, 0.6) is 0 Å². The molecule has 0 bridgehead atoms. The van der Waals surface area contributed by atoms with E-state index in [1.807, 2.05) is 0 Å². The van der Waals surface area contributed by atoms with Gasteiger partial charge in [-0.15, -0.1) is 0 Å². The highest BCUT2D eigenvalue weighted by atomic mass is 35.5. The largest absolute Gasteiger partial charge is 0.431 e. The van der Waals surface area contributed by atoms with Crippen molar-refractivity contribution >= 4 is 23.4 Å². The lowest BCUT2D eigenvalue weighted by Crippen LogP contribution is -2.39. The van der Waals surface area contributed by atoms with E-state index in [0.29, 0.717) is 32.7 Å². The number of aromatic nitrogens is 1. The third-order valence-corrected chi connectivity index (χ3v) is 5.75. The number of nitrogens with zero attached hydrogens (tertiary/aromatic N) is 1. The lowest BCUT2D eigenvalue weighted by Gasteiger charge is -2.23. The lowest BCUT2D eigenvalue weighted by molar-refractivity contribution is -0.143. The number of nitrogens with one attached hydrogen (secondary N) is 1. The van der Waals surface area contributed by atoms with Gasteiger partial charge in [0, 0.05) is 23.7 Å². The lowest BCUT2D eigenvalue weighted by atomic mass is 9.88. The van der Waals surface area contributed by atoms with Crippen LogP contribution in [0.3, 0.4) is 0 Å². The van der Waals surface area contributed by atoms with Crippen molar-refractivity contribution < 1.29 is 22.8 Å². The zero-order valence-electron chi connectivity index (χ0n) is 16.4. The minimum absolute atomic E-state index is 0.0594. The van der Waals surface area contributed by atoms with Gasteiger partial charge in [0.25, 0.3) is 5.56 Å². The molecule has 1 N–H and O–H groups in total. The Balaban J connectivity index is 1.72. The van der Waals surface area contributed by atoms with Crippen LogP contribution >= 0.6 is 11.6 Å². The molecule has 3 aromatic rings. The Kier molecular flexibility index (Phi) is 5.64. The maximum atomic E-state index is 13.4. The molecule has 32 heavy (non-hydrogen) atoms. The van der Waals surface area contributed by atoms with E-state index in [-0.39, 0.29) is 18.0 Å². The fourth-order valence-electron chi connectivity index (χ4n) is 3.80. The van der Waals surface area contributed by atoms with Gasteiger partial charge in [0.1, 0.15) is 5.69 Å². The van der Waals surface area contributed by atoms with Gasteiger partial charge in [-0.3, -0.25) is 24.3 Å². The second-order valence-electron chi connectivity index (χ2n) is 7.34. The second kappa shape index (κ2) is 8.27. The van der Waals surface area contributed by atoms with E-state index >= 15 is 0 Å². The van der Waals surface area contributed by atoms with Crippen LogP contribution in [0.4, 0.5) is 13.2 Å². The van der Waals surface area contributed by atoms with Gasteiger partial charge >= 0.3 is 6.18 Å². The zero-order chi connectivity index (χ0) is 23.0. The number of piperidine rings is 1. The van der Waals surface area contributed by atoms with Crippen LogP contribution in [0.15, 0.2) is 65.5 Å². The molecule has 1 fully saturated rings. The molecular formula is C23H16ClF3N2O3. The van der Waals surface area contributed by atoms with Crippen molar-refractivity contribution in [3.8, 4) is 16.8 Å². The summed E-state index contributed by atoms with van der Waals surface area (Å²) >= 11 is 6.58. The molecule has 2 aromatic carbocycles. The number of benzene rings is 2. The molecule has 0 aliphatic carbocycles. The number of alkyl halides is 3. The van der Waals surface area contributed by atoms with Crippen molar-refractivity contribution in [1.82, 2.24) is 9.88 Å². The molecule has 1 unspecified atom stereocenters. The molecule has 2 amide bonds. The van der Waals surface area contributed by atoms with Gasteiger partial charge in [-0.2, -0.15) is 13.2 Å². The van der Waals surface area contributed by atoms with E-state index in [2.05, 4.69) is 5.32 Å². The number of amides is 2. The topological polar surface area (TPSA) is 68.2 Å². The Bertz CT molecular complexity index is 1270. The Hall–Kier alpha value is -3.39. The second-order valence-corrected chi connectivity index (χ2v) is 7.72. The summed E-state index contributed by atoms with van der Waals surface area (Å²) < 4.78 is 40.7. The quantitative estimate of drug-likeness (QED) is 0.576. The Morgan fingerprint density at radius 2 is 1.62 bits per heavy atom. The first kappa shape index (κ1) is 21.8. The Morgan fingerprint density at radius 3 is 2.28 bits per heavy atom. The zero-order valence-corrected chi connectivity index (χ0v) is 17.2. The molecule has 0 saturated carbocycles. The van der Waals surface area contributed by atoms with E-state index in [9.17, 15) is 27.6 Å². The van der Waals surface area contributed by atoms with Gasteiger partial charge in [0.2, 0.25) is 11.8 Å². The van der Waals surface area contributed by atoms with E-state index in [4.69, 9.17) is 11.6 Å². The van der Waals surface area contributed by atoms with Gasteiger partial charge in [-0.05, 0) is 35.7 Å². The minimum atomic E-state index is -4.70. The molecule has 1 saturated heterocycles. The summed E-state index contributed by atoms with van der Waals surface area (Å²) in [5.74, 6) is -1.32. The highest BCUT2D eigenvalue weighted by Crippen LogP contribution is 2.37. The third kappa shape index (κ3) is 4.05. The summed E-state index contributed by atoms with van der Waals surface area (Å²) in [6.07, 6.45) is -4.15. The molecule has 1 aliphatic heterocycles. The molecule has 1 aromatic heterocycles. The van der Waals surface area contributed by atoms with E-state index < -0.39 is 29.3 Å². The smallest absolute Gasteiger partial charge is 0.296 e. The first-order chi connectivity index (χ1) is 15.2. The standard InChI is InChI=1S/C23H16ClF3N2O3/c24-21-15(3-1-4-16(21)17-11-12-19(30)28-22(17)32)13-7-9-14(10-8-13)29-18(23(25,26)27)5-2-6-20(29)31/h1-10,17H,11-12H2,(H,28,30,32). The SMILES string of the molecule is O=C1CCC(c2cccc(-c3ccc(-n4c(C(F)(F)F)cccc4=O)cc3)c2Cl)C(=O)N1. The number of rotatable bonds is 3. The number of hydrogen-bond donors (Lipinski definition) is 1. The highest BCUT2D eigenvalue weighted by molar-refractivity contribution is 6.34. The summed E-state index contributed by atoms with van der Waals surface area (Å²) in [6, 6.07) is 14.0. The first-order valence-electron chi connectivity index (χ1n) is 9.69. The fourth-order valence-corrected chi connectivity index (χ4v) is 4.17. The molecule has 164 valence electrons. The van der Waals surface area contributed by atoms with Crippen molar-refractivity contribution in [2.24, 2.45) is 0 Å². The molecule has 2 heterocycles. The van der Waals surface area contributed by atoms with Crippen LogP contribution in [0, 0.1) is 0 Å². The van der Waals surface area contributed by atoms with Crippen molar-refractivity contribution in [2.75, 3.05) is 0 Å². The molecule has 5 nitrogen and oxygen atoms in total. The number of imide groups is 1. The average Bonchev–Trinajstić information content (AvgIpc) is 2.74. The maximum Gasteiger partial charge on any atom is 0.431 e. The summed E-state index contributed by atoms with van der Waals surface area (Å²) in [5.41, 5.74) is -0.0654. The number of pyridine rings is 1. The Morgan fingerprint density at radius 1 is 0.938 bits per heavy atom. The van der Waals surface area contributed by atoms with Crippen molar-refractivity contribution in [1.29, 1.82) is 0 Å². The van der Waals surface area contributed by atoms with Crippen LogP contribution in [0.1, 0.15) is 30.0 Å². The van der Waals surface area contributed by atoms with Crippen LogP contribution in [-0.4, -0.2) is 16.4 Å². The molecule has 0 radical (unpaired) electrons. The molecular weight excluding hydrogens is 445 g/mol. The maximum absolute atomic E-state index is 13.4. The predicted octanol–water partition coefficient (Wildman–Crippen LogP) is 4.70. The van der Waals surface area contributed by atoms with E-state index in [0.717, 1.165) is 18.2 Å². The van der Waals surface area contributed by atoms with Crippen molar-refractivity contribution in [2.45, 2.75) is 24.9 Å². The summed E-state index contributed by atoms with van der Waals surface area (Å²) in [4.78, 5) is 35.8. The minimum Gasteiger partial charge on any atom is -0.296 e. The number of carbonyl (C=O) groups excluding carboxylic acids is 2. The Labute approximate surface area is 185 Å². The molecule has 0 spiro atoms. The first-order valence-corrected chi connectivity index (χ1v) is 10.1. The average molecular weight is 461 g/mol. The van der Waals surface area contributed by atoms with Crippen molar-refractivity contribution in [3.05, 3.63) is 87.3 Å². The highest BCUT2D eigenvalue weighted by Gasteiger charge is 2.34. The van der Waals surface area contributed by atoms with Gasteiger partial charge < -0.3 is 0 Å². The van der Waals surface area contributed by atoms with Crippen LogP contribution < -0.4 is 10.9 Å². The number of carbonyl (C=O) groups is 2. The molecule has 1 aliphatic rings. The van der Waals surface area contributed by atoms with E-state index in [1.54, 1.807) is 30.3 Å².